The first-order valence-corrected chi connectivity index (χ1v) is 7.61. The van der Waals surface area contributed by atoms with Gasteiger partial charge in [-0.15, -0.1) is 11.3 Å². The SMILES string of the molecule is CCOc1cccc(NC(C)c2cc(Cl)sc2Cl)c1. The lowest BCUT2D eigenvalue weighted by Crippen LogP contribution is -2.06. The molecule has 102 valence electrons. The maximum Gasteiger partial charge on any atom is 0.121 e. The monoisotopic (exact) mass is 315 g/mol. The topological polar surface area (TPSA) is 21.3 Å². The summed E-state index contributed by atoms with van der Waals surface area (Å²) in [7, 11) is 0. The van der Waals surface area contributed by atoms with Gasteiger partial charge in [0.05, 0.1) is 21.3 Å². The molecule has 1 heterocycles. The molecule has 2 aromatic rings. The summed E-state index contributed by atoms with van der Waals surface area (Å²) in [5.74, 6) is 0.856. The van der Waals surface area contributed by atoms with Crippen LogP contribution in [0.4, 0.5) is 5.69 Å². The van der Waals surface area contributed by atoms with E-state index < -0.39 is 0 Å². The van der Waals surface area contributed by atoms with Crippen LogP contribution >= 0.6 is 34.5 Å². The molecule has 0 bridgehead atoms. The molecule has 0 saturated carbocycles. The first-order chi connectivity index (χ1) is 9.10. The molecule has 0 aliphatic rings. The highest BCUT2D eigenvalue weighted by molar-refractivity contribution is 7.20. The van der Waals surface area contributed by atoms with Crippen molar-refractivity contribution in [3.05, 3.63) is 44.6 Å². The summed E-state index contributed by atoms with van der Waals surface area (Å²) in [6.45, 7) is 4.68. The molecule has 0 saturated heterocycles. The summed E-state index contributed by atoms with van der Waals surface area (Å²) in [5.41, 5.74) is 2.01. The van der Waals surface area contributed by atoms with Gasteiger partial charge >= 0.3 is 0 Å². The number of thiophene rings is 1. The Kier molecular flexibility index (Phi) is 4.97. The molecule has 1 unspecified atom stereocenters. The van der Waals surface area contributed by atoms with Crippen molar-refractivity contribution in [1.29, 1.82) is 0 Å². The molecule has 19 heavy (non-hydrogen) atoms. The minimum Gasteiger partial charge on any atom is -0.494 e. The number of nitrogens with one attached hydrogen (secondary N) is 1. The predicted octanol–water partition coefficient (Wildman–Crippen LogP) is 5.63. The Morgan fingerprint density at radius 2 is 2.11 bits per heavy atom. The molecule has 0 amide bonds. The quantitative estimate of drug-likeness (QED) is 0.772. The molecule has 0 fully saturated rings. The Morgan fingerprint density at radius 1 is 1.32 bits per heavy atom. The fourth-order valence-corrected chi connectivity index (χ4v) is 3.46. The van der Waals surface area contributed by atoms with Gasteiger partial charge in [0.2, 0.25) is 0 Å². The van der Waals surface area contributed by atoms with E-state index >= 15 is 0 Å². The fourth-order valence-electron chi connectivity index (χ4n) is 1.82. The molecule has 1 aromatic heterocycles. The highest BCUT2D eigenvalue weighted by Crippen LogP contribution is 2.36. The van der Waals surface area contributed by atoms with Crippen LogP contribution < -0.4 is 10.1 Å². The van der Waals surface area contributed by atoms with E-state index in [-0.39, 0.29) is 6.04 Å². The Balaban J connectivity index is 2.12. The van der Waals surface area contributed by atoms with Crippen molar-refractivity contribution in [3.63, 3.8) is 0 Å². The van der Waals surface area contributed by atoms with E-state index in [2.05, 4.69) is 12.2 Å². The van der Waals surface area contributed by atoms with Crippen LogP contribution in [0.15, 0.2) is 30.3 Å². The number of anilines is 1. The molecule has 5 heteroatoms. The van der Waals surface area contributed by atoms with E-state index in [1.165, 1.54) is 11.3 Å². The summed E-state index contributed by atoms with van der Waals surface area (Å²) in [4.78, 5) is 0. The third-order valence-corrected chi connectivity index (χ3v) is 4.20. The smallest absolute Gasteiger partial charge is 0.121 e. The van der Waals surface area contributed by atoms with E-state index in [9.17, 15) is 0 Å². The van der Waals surface area contributed by atoms with Crippen LogP contribution in [0.2, 0.25) is 8.67 Å². The van der Waals surface area contributed by atoms with Crippen molar-refractivity contribution in [2.24, 2.45) is 0 Å². The molecular formula is C14H15Cl2NOS. The molecule has 2 nitrogen and oxygen atoms in total. The minimum absolute atomic E-state index is 0.0909. The van der Waals surface area contributed by atoms with Gasteiger partial charge in [-0.25, -0.2) is 0 Å². The van der Waals surface area contributed by atoms with Crippen molar-refractivity contribution in [2.75, 3.05) is 11.9 Å². The van der Waals surface area contributed by atoms with E-state index in [1.807, 2.05) is 37.3 Å². The van der Waals surface area contributed by atoms with Crippen LogP contribution in [0.1, 0.15) is 25.5 Å². The summed E-state index contributed by atoms with van der Waals surface area (Å²) in [6.07, 6.45) is 0. The first kappa shape index (κ1) is 14.5. The van der Waals surface area contributed by atoms with Crippen molar-refractivity contribution >= 4 is 40.2 Å². The Labute approximate surface area is 127 Å². The minimum atomic E-state index is 0.0909. The number of halogens is 2. The van der Waals surface area contributed by atoms with Gasteiger partial charge in [-0.2, -0.15) is 0 Å². The number of benzene rings is 1. The van der Waals surface area contributed by atoms with Gasteiger partial charge in [0.15, 0.2) is 0 Å². The van der Waals surface area contributed by atoms with Crippen molar-refractivity contribution in [1.82, 2.24) is 0 Å². The second-order valence-corrected chi connectivity index (χ2v) is 6.39. The van der Waals surface area contributed by atoms with Gasteiger partial charge in [-0.05, 0) is 32.0 Å². The zero-order chi connectivity index (χ0) is 13.8. The van der Waals surface area contributed by atoms with Gasteiger partial charge in [0.25, 0.3) is 0 Å². The Bertz CT molecular complexity index is 556. The lowest BCUT2D eigenvalue weighted by atomic mass is 10.1. The second kappa shape index (κ2) is 6.51. The molecule has 0 aliphatic carbocycles. The first-order valence-electron chi connectivity index (χ1n) is 6.04. The fraction of sp³-hybridized carbons (Fsp3) is 0.286. The maximum atomic E-state index is 6.16. The highest BCUT2D eigenvalue weighted by Gasteiger charge is 2.13. The zero-order valence-corrected chi connectivity index (χ0v) is 13.1. The van der Waals surface area contributed by atoms with Crippen molar-refractivity contribution in [2.45, 2.75) is 19.9 Å². The average Bonchev–Trinajstić information content (AvgIpc) is 2.69. The average molecular weight is 316 g/mol. The number of hydrogen-bond donors (Lipinski definition) is 1. The van der Waals surface area contributed by atoms with Crippen LogP contribution in [0.25, 0.3) is 0 Å². The van der Waals surface area contributed by atoms with Gasteiger partial charge in [0.1, 0.15) is 5.75 Å². The summed E-state index contributed by atoms with van der Waals surface area (Å²) in [5, 5.41) is 3.39. The number of ether oxygens (including phenoxy) is 1. The van der Waals surface area contributed by atoms with Gasteiger partial charge in [-0.1, -0.05) is 29.3 Å². The van der Waals surface area contributed by atoms with E-state index in [4.69, 9.17) is 27.9 Å². The largest absolute Gasteiger partial charge is 0.494 e. The van der Waals surface area contributed by atoms with Crippen LogP contribution in [0, 0.1) is 0 Å². The van der Waals surface area contributed by atoms with Gasteiger partial charge < -0.3 is 10.1 Å². The molecule has 2 rings (SSSR count). The lowest BCUT2D eigenvalue weighted by Gasteiger charge is -2.15. The van der Waals surface area contributed by atoms with Crippen LogP contribution in [-0.4, -0.2) is 6.61 Å². The van der Waals surface area contributed by atoms with Crippen molar-refractivity contribution < 1.29 is 4.74 Å². The molecule has 1 atom stereocenters. The van der Waals surface area contributed by atoms with E-state index in [1.54, 1.807) is 0 Å². The van der Waals surface area contributed by atoms with Gasteiger partial charge in [-0.3, -0.25) is 0 Å². The number of rotatable bonds is 5. The Hall–Kier alpha value is -0.900. The second-order valence-electron chi connectivity index (χ2n) is 4.11. The third kappa shape index (κ3) is 3.78. The highest BCUT2D eigenvalue weighted by atomic mass is 35.5. The normalized spacial score (nSPS) is 12.2. The van der Waals surface area contributed by atoms with E-state index in [0.717, 1.165) is 21.3 Å². The number of hydrogen-bond acceptors (Lipinski definition) is 3. The van der Waals surface area contributed by atoms with Crippen LogP contribution in [0.5, 0.6) is 5.75 Å². The summed E-state index contributed by atoms with van der Waals surface area (Å²) in [6, 6.07) is 9.87. The Morgan fingerprint density at radius 3 is 2.74 bits per heavy atom. The van der Waals surface area contributed by atoms with E-state index in [0.29, 0.717) is 10.9 Å². The molecule has 0 aliphatic heterocycles. The third-order valence-electron chi connectivity index (χ3n) is 2.68. The molecular weight excluding hydrogens is 301 g/mol. The summed E-state index contributed by atoms with van der Waals surface area (Å²) < 4.78 is 6.91. The zero-order valence-electron chi connectivity index (χ0n) is 10.7. The summed E-state index contributed by atoms with van der Waals surface area (Å²) >= 11 is 13.5. The molecule has 1 N–H and O–H groups in total. The standard InChI is InChI=1S/C14H15Cl2NOS/c1-3-18-11-6-4-5-10(7-11)17-9(2)12-8-13(15)19-14(12)16/h4-9,17H,3H2,1-2H3. The molecule has 0 spiro atoms. The van der Waals surface area contributed by atoms with Gasteiger partial charge in [0, 0.05) is 17.3 Å². The molecule has 1 aromatic carbocycles. The predicted molar refractivity (Wildman–Crippen MR) is 84.0 cm³/mol. The van der Waals surface area contributed by atoms with Crippen LogP contribution in [0.3, 0.4) is 0 Å². The van der Waals surface area contributed by atoms with Crippen molar-refractivity contribution in [3.8, 4) is 5.75 Å². The maximum absolute atomic E-state index is 6.16. The molecule has 0 radical (unpaired) electrons. The van der Waals surface area contributed by atoms with Crippen LogP contribution in [-0.2, 0) is 0 Å². The lowest BCUT2D eigenvalue weighted by molar-refractivity contribution is 0.340.